The average Bonchev–Trinajstić information content (AvgIpc) is 2.49. The molecule has 0 radical (unpaired) electrons. The van der Waals surface area contributed by atoms with Crippen LogP contribution in [0.15, 0.2) is 24.7 Å². The molecular weight excluding hydrogens is 244 g/mol. The highest BCUT2D eigenvalue weighted by Crippen LogP contribution is 2.11. The molecule has 0 saturated carbocycles. The first-order valence-corrected chi connectivity index (χ1v) is 6.02. The van der Waals surface area contributed by atoms with E-state index in [0.29, 0.717) is 30.2 Å². The van der Waals surface area contributed by atoms with Crippen LogP contribution < -0.4 is 0 Å². The molecule has 98 valence electrons. The van der Waals surface area contributed by atoms with Gasteiger partial charge in [-0.3, -0.25) is 9.78 Å². The van der Waals surface area contributed by atoms with Gasteiger partial charge in [0.25, 0.3) is 5.91 Å². The van der Waals surface area contributed by atoms with Crippen LogP contribution in [0.25, 0.3) is 11.5 Å². The predicted octanol–water partition coefficient (Wildman–Crippen LogP) is 0.811. The zero-order chi connectivity index (χ0) is 13.7. The van der Waals surface area contributed by atoms with Gasteiger partial charge >= 0.3 is 0 Å². The van der Waals surface area contributed by atoms with E-state index in [0.717, 1.165) is 0 Å². The van der Waals surface area contributed by atoms with Gasteiger partial charge in [-0.15, -0.1) is 20.4 Å². The Bertz CT molecular complexity index is 538. The van der Waals surface area contributed by atoms with Gasteiger partial charge in [0.05, 0.1) is 5.56 Å². The van der Waals surface area contributed by atoms with Crippen LogP contribution in [-0.4, -0.2) is 49.3 Å². The molecular formula is C12H14N6O. The third-order valence-electron chi connectivity index (χ3n) is 2.70. The van der Waals surface area contributed by atoms with Crippen LogP contribution in [0.1, 0.15) is 24.2 Å². The van der Waals surface area contributed by atoms with Crippen LogP contribution in [0, 0.1) is 0 Å². The fourth-order valence-corrected chi connectivity index (χ4v) is 1.65. The Balaban J connectivity index is 2.22. The number of pyridine rings is 1. The third kappa shape index (κ3) is 2.87. The largest absolute Gasteiger partial charge is 0.339 e. The Hall–Kier alpha value is -2.44. The molecule has 7 heteroatoms. The molecule has 2 aromatic heterocycles. The lowest BCUT2D eigenvalue weighted by Gasteiger charge is -2.18. The van der Waals surface area contributed by atoms with E-state index < -0.39 is 0 Å². The second-order valence-electron chi connectivity index (χ2n) is 3.78. The molecule has 0 saturated heterocycles. The minimum absolute atomic E-state index is 0.0331. The molecule has 0 spiro atoms. The van der Waals surface area contributed by atoms with Crippen LogP contribution >= 0.6 is 0 Å². The van der Waals surface area contributed by atoms with Crippen LogP contribution in [0.2, 0.25) is 0 Å². The molecule has 19 heavy (non-hydrogen) atoms. The zero-order valence-corrected chi connectivity index (χ0v) is 10.8. The first-order valence-electron chi connectivity index (χ1n) is 6.02. The number of aromatic nitrogens is 5. The topological polar surface area (TPSA) is 84.8 Å². The van der Waals surface area contributed by atoms with Gasteiger partial charge in [0.1, 0.15) is 5.69 Å². The van der Waals surface area contributed by atoms with Crippen LogP contribution in [0.5, 0.6) is 0 Å². The third-order valence-corrected chi connectivity index (χ3v) is 2.70. The fourth-order valence-electron chi connectivity index (χ4n) is 1.65. The lowest BCUT2D eigenvalue weighted by Crippen LogP contribution is -2.30. The summed E-state index contributed by atoms with van der Waals surface area (Å²) in [6, 6.07) is 3.40. The smallest absolute Gasteiger partial charge is 0.255 e. The number of amides is 1. The molecule has 2 rings (SSSR count). The van der Waals surface area contributed by atoms with E-state index >= 15 is 0 Å². The quantitative estimate of drug-likeness (QED) is 0.806. The maximum absolute atomic E-state index is 12.1. The van der Waals surface area contributed by atoms with Crippen molar-refractivity contribution in [2.75, 3.05) is 13.1 Å². The molecule has 0 bridgehead atoms. The van der Waals surface area contributed by atoms with Crippen LogP contribution in [0.4, 0.5) is 0 Å². The van der Waals surface area contributed by atoms with Gasteiger partial charge in [-0.05, 0) is 26.0 Å². The van der Waals surface area contributed by atoms with E-state index in [1.54, 1.807) is 17.0 Å². The summed E-state index contributed by atoms with van der Waals surface area (Å²) in [7, 11) is 0. The summed E-state index contributed by atoms with van der Waals surface area (Å²) in [6.07, 6.45) is 2.77. The SMILES string of the molecule is CCN(CC)C(=O)c1ccc(-c2nncnn2)nc1. The Labute approximate surface area is 110 Å². The van der Waals surface area contributed by atoms with Crippen molar-refractivity contribution in [2.24, 2.45) is 0 Å². The standard InChI is InChI=1S/C12H14N6O/c1-3-18(4-2)12(19)9-5-6-10(13-7-9)11-16-14-8-15-17-11/h5-8H,3-4H2,1-2H3. The molecule has 0 aromatic carbocycles. The normalized spacial score (nSPS) is 10.2. The van der Waals surface area contributed by atoms with Gasteiger partial charge in [-0.25, -0.2) is 0 Å². The number of hydrogen-bond donors (Lipinski definition) is 0. The van der Waals surface area contributed by atoms with Crippen molar-refractivity contribution in [2.45, 2.75) is 13.8 Å². The van der Waals surface area contributed by atoms with Gasteiger partial charge < -0.3 is 4.90 Å². The molecule has 0 unspecified atom stereocenters. The number of hydrogen-bond acceptors (Lipinski definition) is 6. The van der Waals surface area contributed by atoms with Crippen LogP contribution in [0.3, 0.4) is 0 Å². The fraction of sp³-hybridized carbons (Fsp3) is 0.333. The van der Waals surface area contributed by atoms with Crippen molar-refractivity contribution in [1.29, 1.82) is 0 Å². The first kappa shape index (κ1) is 13.0. The van der Waals surface area contributed by atoms with Gasteiger partial charge in [0.15, 0.2) is 6.33 Å². The summed E-state index contributed by atoms with van der Waals surface area (Å²) in [5.41, 5.74) is 1.08. The monoisotopic (exact) mass is 258 g/mol. The minimum Gasteiger partial charge on any atom is -0.339 e. The maximum Gasteiger partial charge on any atom is 0.255 e. The van der Waals surface area contributed by atoms with E-state index in [1.807, 2.05) is 13.8 Å². The minimum atomic E-state index is -0.0331. The van der Waals surface area contributed by atoms with Crippen molar-refractivity contribution in [3.05, 3.63) is 30.2 Å². The summed E-state index contributed by atoms with van der Waals surface area (Å²) in [6.45, 7) is 5.23. The number of rotatable bonds is 4. The van der Waals surface area contributed by atoms with Gasteiger partial charge in [0, 0.05) is 19.3 Å². The number of carbonyl (C=O) groups excluding carboxylic acids is 1. The molecule has 2 aromatic rings. The summed E-state index contributed by atoms with van der Waals surface area (Å²) >= 11 is 0. The Morgan fingerprint density at radius 2 is 1.84 bits per heavy atom. The van der Waals surface area contributed by atoms with Gasteiger partial charge in [-0.2, -0.15) is 0 Å². The molecule has 0 aliphatic heterocycles. The molecule has 0 N–H and O–H groups in total. The second-order valence-corrected chi connectivity index (χ2v) is 3.78. The van der Waals surface area contributed by atoms with E-state index in [4.69, 9.17) is 0 Å². The summed E-state index contributed by atoms with van der Waals surface area (Å²) < 4.78 is 0. The Morgan fingerprint density at radius 3 is 2.37 bits per heavy atom. The molecule has 0 aliphatic rings. The Kier molecular flexibility index (Phi) is 4.07. The molecule has 0 aliphatic carbocycles. The maximum atomic E-state index is 12.1. The summed E-state index contributed by atoms with van der Waals surface area (Å²) in [5, 5.41) is 14.9. The second kappa shape index (κ2) is 5.94. The van der Waals surface area contributed by atoms with Crippen molar-refractivity contribution >= 4 is 5.91 Å². The lowest BCUT2D eigenvalue weighted by molar-refractivity contribution is 0.0772. The highest BCUT2D eigenvalue weighted by Gasteiger charge is 2.13. The summed E-state index contributed by atoms with van der Waals surface area (Å²) in [5.74, 6) is 0.304. The number of carbonyl (C=O) groups is 1. The van der Waals surface area contributed by atoms with E-state index in [-0.39, 0.29) is 5.91 Å². The zero-order valence-electron chi connectivity index (χ0n) is 10.8. The van der Waals surface area contributed by atoms with E-state index in [2.05, 4.69) is 25.4 Å². The van der Waals surface area contributed by atoms with Crippen molar-refractivity contribution in [3.8, 4) is 11.5 Å². The summed E-state index contributed by atoms with van der Waals surface area (Å²) in [4.78, 5) is 18.0. The van der Waals surface area contributed by atoms with Crippen molar-refractivity contribution in [3.63, 3.8) is 0 Å². The molecule has 7 nitrogen and oxygen atoms in total. The van der Waals surface area contributed by atoms with Crippen molar-refractivity contribution in [1.82, 2.24) is 30.3 Å². The highest BCUT2D eigenvalue weighted by molar-refractivity contribution is 5.94. The van der Waals surface area contributed by atoms with E-state index in [1.165, 1.54) is 12.5 Å². The van der Waals surface area contributed by atoms with Gasteiger partial charge in [-0.1, -0.05) is 0 Å². The van der Waals surface area contributed by atoms with Crippen molar-refractivity contribution < 1.29 is 4.79 Å². The van der Waals surface area contributed by atoms with E-state index in [9.17, 15) is 4.79 Å². The molecule has 0 fully saturated rings. The Morgan fingerprint density at radius 1 is 1.16 bits per heavy atom. The van der Waals surface area contributed by atoms with Crippen LogP contribution in [-0.2, 0) is 0 Å². The molecule has 1 amide bonds. The average molecular weight is 258 g/mol. The molecule has 2 heterocycles. The highest BCUT2D eigenvalue weighted by atomic mass is 16.2. The first-order chi connectivity index (χ1) is 9.26. The lowest BCUT2D eigenvalue weighted by atomic mass is 10.2. The number of nitrogens with zero attached hydrogens (tertiary/aromatic N) is 6. The van der Waals surface area contributed by atoms with Gasteiger partial charge in [0.2, 0.25) is 5.82 Å². The molecule has 0 atom stereocenters. The predicted molar refractivity (Wildman–Crippen MR) is 68.1 cm³/mol.